The smallest absolute Gasteiger partial charge is 0.227 e. The molecule has 7 rings (SSSR count). The average molecular weight is 562 g/mol. The fourth-order valence-corrected chi connectivity index (χ4v) is 6.53. The minimum Gasteiger partial charge on any atom is -0.338 e. The van der Waals surface area contributed by atoms with E-state index in [-0.39, 0.29) is 17.6 Å². The predicted octanol–water partition coefficient (Wildman–Crippen LogP) is 7.01. The first-order valence-electron chi connectivity index (χ1n) is 13.7. The minimum atomic E-state index is 0.0564. The van der Waals surface area contributed by atoms with E-state index in [1.165, 1.54) is 17.8 Å². The lowest BCUT2D eigenvalue weighted by Crippen LogP contribution is -2.24. The number of Topliss-reactive ketones (excluding diaryl/α,β-unsaturated/α-hetero) is 1. The first kappa shape index (κ1) is 25.3. The third kappa shape index (κ3) is 4.80. The molecule has 6 aromatic rings. The molecule has 3 N–H and O–H groups in total. The number of hydrogen-bond acceptors (Lipinski definition) is 7. The number of aromatic amines is 2. The Morgan fingerprint density at radius 2 is 1.80 bits per heavy atom. The second kappa shape index (κ2) is 10.4. The second-order valence-electron chi connectivity index (χ2n) is 10.5. The van der Waals surface area contributed by atoms with Gasteiger partial charge in [-0.3, -0.25) is 19.7 Å². The molecule has 0 aliphatic heterocycles. The molecule has 0 bridgehead atoms. The minimum absolute atomic E-state index is 0.0564. The highest BCUT2D eigenvalue weighted by atomic mass is 32.1. The van der Waals surface area contributed by atoms with Gasteiger partial charge in [0.1, 0.15) is 5.65 Å². The summed E-state index contributed by atoms with van der Waals surface area (Å²) >= 11 is 1.48. The van der Waals surface area contributed by atoms with E-state index in [0.29, 0.717) is 11.3 Å². The summed E-state index contributed by atoms with van der Waals surface area (Å²) in [6.45, 7) is 1.58. The number of amides is 1. The van der Waals surface area contributed by atoms with Crippen LogP contribution in [0, 0.1) is 5.92 Å². The van der Waals surface area contributed by atoms with Gasteiger partial charge in [-0.2, -0.15) is 5.10 Å². The van der Waals surface area contributed by atoms with Crippen molar-refractivity contribution in [2.75, 3.05) is 5.32 Å². The van der Waals surface area contributed by atoms with E-state index in [0.717, 1.165) is 79.9 Å². The summed E-state index contributed by atoms with van der Waals surface area (Å²) in [5, 5.41) is 12.4. The van der Waals surface area contributed by atoms with Gasteiger partial charge in [-0.1, -0.05) is 19.3 Å². The molecule has 0 unspecified atom stereocenters. The molecule has 6 heterocycles. The van der Waals surface area contributed by atoms with Gasteiger partial charge < -0.3 is 10.3 Å². The Labute approximate surface area is 239 Å². The number of carbonyl (C=O) groups is 2. The quantitative estimate of drug-likeness (QED) is 0.188. The Morgan fingerprint density at radius 1 is 0.951 bits per heavy atom. The fourth-order valence-electron chi connectivity index (χ4n) is 5.59. The molecule has 41 heavy (non-hydrogen) atoms. The summed E-state index contributed by atoms with van der Waals surface area (Å²) in [7, 11) is 0. The van der Waals surface area contributed by atoms with Gasteiger partial charge in [-0.15, -0.1) is 11.3 Å². The van der Waals surface area contributed by atoms with Crippen LogP contribution in [-0.2, 0) is 4.79 Å². The van der Waals surface area contributed by atoms with Crippen molar-refractivity contribution in [3.8, 4) is 33.0 Å². The Kier molecular flexibility index (Phi) is 6.39. The van der Waals surface area contributed by atoms with Gasteiger partial charge in [0, 0.05) is 56.8 Å². The number of ketones is 1. The fraction of sp³-hybridized carbons (Fsp3) is 0.226. The number of fused-ring (bicyclic) bond motifs is 2. The molecule has 9 nitrogen and oxygen atoms in total. The lowest BCUT2D eigenvalue weighted by Gasteiger charge is -2.20. The Bertz CT molecular complexity index is 1930. The van der Waals surface area contributed by atoms with Gasteiger partial charge in [0.15, 0.2) is 11.4 Å². The van der Waals surface area contributed by atoms with Crippen molar-refractivity contribution in [3.63, 3.8) is 0 Å². The molecule has 0 saturated heterocycles. The van der Waals surface area contributed by atoms with Gasteiger partial charge in [0.2, 0.25) is 5.91 Å². The molecule has 0 spiro atoms. The van der Waals surface area contributed by atoms with Crippen molar-refractivity contribution in [2.45, 2.75) is 39.0 Å². The summed E-state index contributed by atoms with van der Waals surface area (Å²) in [5.74, 6) is 0.198. The topological polar surface area (TPSA) is 129 Å². The van der Waals surface area contributed by atoms with Gasteiger partial charge in [0.05, 0.1) is 28.1 Å². The van der Waals surface area contributed by atoms with Crippen LogP contribution in [0.1, 0.15) is 48.7 Å². The number of pyridine rings is 3. The van der Waals surface area contributed by atoms with Gasteiger partial charge >= 0.3 is 0 Å². The molecule has 1 fully saturated rings. The molecule has 6 aromatic heterocycles. The molecule has 10 heteroatoms. The summed E-state index contributed by atoms with van der Waals surface area (Å²) in [5.41, 5.74) is 6.37. The molecule has 0 radical (unpaired) electrons. The number of nitrogens with one attached hydrogen (secondary N) is 3. The predicted molar refractivity (Wildman–Crippen MR) is 161 cm³/mol. The van der Waals surface area contributed by atoms with Crippen LogP contribution in [0.3, 0.4) is 0 Å². The molecule has 204 valence electrons. The number of anilines is 1. The SMILES string of the molecule is CC(=O)c1ccc(-c2ccnc3[nH]c(-c4[nH]nc5ncc(-c6cncc(NC(=O)C7CCCCC7)c6)cc45)cc23)s1. The first-order chi connectivity index (χ1) is 20.0. The Hall–Kier alpha value is -4.70. The zero-order chi connectivity index (χ0) is 27.9. The van der Waals surface area contributed by atoms with Crippen LogP contribution < -0.4 is 5.32 Å². The zero-order valence-corrected chi connectivity index (χ0v) is 23.2. The molecule has 0 aromatic carbocycles. The van der Waals surface area contributed by atoms with Crippen LogP contribution in [0.15, 0.2) is 61.2 Å². The van der Waals surface area contributed by atoms with E-state index in [1.54, 1.807) is 31.7 Å². The molecule has 1 saturated carbocycles. The van der Waals surface area contributed by atoms with E-state index < -0.39 is 0 Å². The molecular formula is C31H27N7O2S. The van der Waals surface area contributed by atoms with Crippen molar-refractivity contribution in [3.05, 3.63) is 66.1 Å². The first-order valence-corrected chi connectivity index (χ1v) is 14.5. The van der Waals surface area contributed by atoms with E-state index in [4.69, 9.17) is 0 Å². The molecule has 1 aliphatic rings. The van der Waals surface area contributed by atoms with E-state index in [2.05, 4.69) is 35.5 Å². The van der Waals surface area contributed by atoms with Crippen molar-refractivity contribution in [1.29, 1.82) is 0 Å². The maximum absolute atomic E-state index is 12.8. The zero-order valence-electron chi connectivity index (χ0n) is 22.4. The maximum Gasteiger partial charge on any atom is 0.227 e. The van der Waals surface area contributed by atoms with Crippen molar-refractivity contribution < 1.29 is 9.59 Å². The maximum atomic E-state index is 12.8. The summed E-state index contributed by atoms with van der Waals surface area (Å²) in [4.78, 5) is 43.3. The third-order valence-electron chi connectivity index (χ3n) is 7.74. The number of nitrogens with zero attached hydrogens (tertiary/aromatic N) is 4. The summed E-state index contributed by atoms with van der Waals surface area (Å²) in [6, 6.07) is 11.8. The average Bonchev–Trinajstić information content (AvgIpc) is 3.75. The van der Waals surface area contributed by atoms with Crippen molar-refractivity contribution >= 4 is 50.8 Å². The van der Waals surface area contributed by atoms with Crippen LogP contribution in [0.5, 0.6) is 0 Å². The largest absolute Gasteiger partial charge is 0.338 e. The highest BCUT2D eigenvalue weighted by molar-refractivity contribution is 7.17. The van der Waals surface area contributed by atoms with Crippen LogP contribution in [0.2, 0.25) is 0 Å². The highest BCUT2D eigenvalue weighted by Crippen LogP contribution is 2.37. The number of H-pyrrole nitrogens is 2. The second-order valence-corrected chi connectivity index (χ2v) is 11.6. The standard InChI is InChI=1S/C31H27N7O2S/c1-17(39)26-7-8-27(41-26)22-9-10-33-29-23(22)13-25(36-29)28-24-12-20(15-34-30(24)38-37-28)19-11-21(16-32-14-19)35-31(40)18-5-3-2-4-6-18/h7-16,18H,2-6H2,1H3,(H,33,36)(H,35,40)(H,34,37,38). The third-order valence-corrected chi connectivity index (χ3v) is 8.96. The Balaban J connectivity index is 1.22. The van der Waals surface area contributed by atoms with Gasteiger partial charge in [-0.25, -0.2) is 9.97 Å². The van der Waals surface area contributed by atoms with Crippen molar-refractivity contribution in [1.82, 2.24) is 30.1 Å². The molecule has 1 amide bonds. The van der Waals surface area contributed by atoms with Crippen LogP contribution in [0.25, 0.3) is 55.0 Å². The number of carbonyl (C=O) groups excluding carboxylic acids is 2. The monoisotopic (exact) mass is 561 g/mol. The lowest BCUT2D eigenvalue weighted by molar-refractivity contribution is -0.120. The number of aromatic nitrogens is 6. The highest BCUT2D eigenvalue weighted by Gasteiger charge is 2.21. The Morgan fingerprint density at radius 3 is 2.63 bits per heavy atom. The van der Waals surface area contributed by atoms with E-state index >= 15 is 0 Å². The normalized spacial score (nSPS) is 14.1. The number of hydrogen-bond donors (Lipinski definition) is 3. The lowest BCUT2D eigenvalue weighted by atomic mass is 9.88. The number of thiophene rings is 1. The van der Waals surface area contributed by atoms with Crippen LogP contribution in [0.4, 0.5) is 5.69 Å². The summed E-state index contributed by atoms with van der Waals surface area (Å²) in [6.07, 6.45) is 12.3. The van der Waals surface area contributed by atoms with E-state index in [9.17, 15) is 9.59 Å². The van der Waals surface area contributed by atoms with Crippen LogP contribution in [-0.4, -0.2) is 41.8 Å². The van der Waals surface area contributed by atoms with Gasteiger partial charge in [-0.05, 0) is 56.2 Å². The van der Waals surface area contributed by atoms with Crippen molar-refractivity contribution in [2.24, 2.45) is 5.92 Å². The van der Waals surface area contributed by atoms with E-state index in [1.807, 2.05) is 36.4 Å². The molecule has 0 atom stereocenters. The number of rotatable bonds is 6. The molecular weight excluding hydrogens is 534 g/mol. The van der Waals surface area contributed by atoms with Gasteiger partial charge in [0.25, 0.3) is 0 Å². The van der Waals surface area contributed by atoms with Crippen LogP contribution >= 0.6 is 11.3 Å². The molecule has 1 aliphatic carbocycles. The summed E-state index contributed by atoms with van der Waals surface area (Å²) < 4.78 is 0.